The Morgan fingerprint density at radius 1 is 0.939 bits per heavy atom. The van der Waals surface area contributed by atoms with Crippen LogP contribution in [0.4, 0.5) is 0 Å². The fraction of sp³-hybridized carbons (Fsp3) is 0.185. The lowest BCUT2D eigenvalue weighted by molar-refractivity contribution is 0.0681. The van der Waals surface area contributed by atoms with Crippen molar-refractivity contribution < 1.29 is 4.79 Å². The van der Waals surface area contributed by atoms with E-state index < -0.39 is 0 Å². The molecular weight excluding hydrogens is 564 g/mol. The second-order valence-corrected chi connectivity index (χ2v) is 10.6. The van der Waals surface area contributed by atoms with Gasteiger partial charge in [0.05, 0.1) is 11.8 Å². The average molecular weight is 585 g/mol. The van der Waals surface area contributed by atoms with Gasteiger partial charge in [-0.25, -0.2) is 5.01 Å². The van der Waals surface area contributed by atoms with Crippen molar-refractivity contribution in [2.75, 3.05) is 0 Å². The molecule has 0 aromatic heterocycles. The minimum Gasteiger partial charge on any atom is -0.267 e. The lowest BCUT2D eigenvalue weighted by atomic mass is 9.77. The molecule has 5 rings (SSSR count). The largest absolute Gasteiger partial charge is 0.274 e. The lowest BCUT2D eigenvalue weighted by Gasteiger charge is -2.29. The summed E-state index contributed by atoms with van der Waals surface area (Å²) in [6.07, 6.45) is 5.25. The maximum atomic E-state index is 13.6. The van der Waals surface area contributed by atoms with E-state index in [0.29, 0.717) is 10.6 Å². The van der Waals surface area contributed by atoms with Gasteiger partial charge < -0.3 is 0 Å². The molecule has 166 valence electrons. The van der Waals surface area contributed by atoms with Crippen molar-refractivity contribution in [2.24, 2.45) is 11.0 Å². The van der Waals surface area contributed by atoms with Gasteiger partial charge in [0.25, 0.3) is 5.91 Å². The number of benzene rings is 3. The van der Waals surface area contributed by atoms with Crippen LogP contribution in [-0.4, -0.2) is 16.6 Å². The summed E-state index contributed by atoms with van der Waals surface area (Å²) in [6.45, 7) is 0. The number of carbonyl (C=O) groups is 1. The van der Waals surface area contributed by atoms with Gasteiger partial charge in [-0.2, -0.15) is 5.10 Å². The lowest BCUT2D eigenvalue weighted by Crippen LogP contribution is -2.31. The number of fused-ring (bicyclic) bond motifs is 1. The summed E-state index contributed by atoms with van der Waals surface area (Å²) in [4.78, 5) is 13.6. The van der Waals surface area contributed by atoms with Crippen LogP contribution in [-0.2, 0) is 0 Å². The maximum absolute atomic E-state index is 13.6. The molecule has 1 amide bonds. The van der Waals surface area contributed by atoms with Gasteiger partial charge in [0.15, 0.2) is 0 Å². The second-order valence-electron chi connectivity index (χ2n) is 8.36. The predicted octanol–water partition coefficient (Wildman–Crippen LogP) is 8.30. The Morgan fingerprint density at radius 2 is 1.58 bits per heavy atom. The highest BCUT2D eigenvalue weighted by molar-refractivity contribution is 9.10. The molecule has 2 aliphatic rings. The number of allylic oxidation sites excluding steroid dienone is 1. The molecule has 0 saturated heterocycles. The number of hydrogen-bond acceptors (Lipinski definition) is 2. The topological polar surface area (TPSA) is 32.7 Å². The molecule has 33 heavy (non-hydrogen) atoms. The van der Waals surface area contributed by atoms with E-state index in [2.05, 4.69) is 62.2 Å². The van der Waals surface area contributed by atoms with Crippen molar-refractivity contribution in [1.29, 1.82) is 0 Å². The summed E-state index contributed by atoms with van der Waals surface area (Å²) < 4.78 is 2.07. The van der Waals surface area contributed by atoms with E-state index in [-0.39, 0.29) is 17.9 Å². The van der Waals surface area contributed by atoms with Crippen LogP contribution in [0.15, 0.2) is 92.4 Å². The molecule has 1 fully saturated rings. The van der Waals surface area contributed by atoms with Gasteiger partial charge >= 0.3 is 0 Å². The smallest absolute Gasteiger partial charge is 0.267 e. The normalized spacial score (nSPS) is 21.1. The molecule has 1 aliphatic heterocycles. The summed E-state index contributed by atoms with van der Waals surface area (Å²) in [7, 11) is 0. The van der Waals surface area contributed by atoms with Crippen LogP contribution < -0.4 is 0 Å². The Kier molecular flexibility index (Phi) is 6.55. The third-order valence-electron chi connectivity index (χ3n) is 6.22. The number of carbonyl (C=O) groups excluding carboxylic acids is 1. The number of rotatable bonds is 3. The second kappa shape index (κ2) is 9.57. The van der Waals surface area contributed by atoms with Crippen molar-refractivity contribution in [2.45, 2.75) is 25.3 Å². The molecule has 0 unspecified atom stereocenters. The van der Waals surface area contributed by atoms with E-state index in [1.807, 2.05) is 24.3 Å². The molecule has 2 atom stereocenters. The first kappa shape index (κ1) is 22.6. The molecule has 0 radical (unpaired) electrons. The fourth-order valence-electron chi connectivity index (χ4n) is 4.65. The number of hydrogen-bond donors (Lipinski definition) is 0. The highest BCUT2D eigenvalue weighted by Crippen LogP contribution is 2.45. The molecule has 6 heteroatoms. The Hall–Kier alpha value is -2.21. The molecular formula is C27H21Br2ClN2O. The van der Waals surface area contributed by atoms with Gasteiger partial charge in [-0.05, 0) is 90.6 Å². The van der Waals surface area contributed by atoms with Gasteiger partial charge in [-0.1, -0.05) is 67.7 Å². The summed E-state index contributed by atoms with van der Waals surface area (Å²) in [5, 5.41) is 7.26. The van der Waals surface area contributed by atoms with Gasteiger partial charge in [-0.15, -0.1) is 0 Å². The summed E-state index contributed by atoms with van der Waals surface area (Å²) >= 11 is 13.1. The first-order chi connectivity index (χ1) is 16.0. The predicted molar refractivity (Wildman–Crippen MR) is 141 cm³/mol. The molecule has 0 spiro atoms. The van der Waals surface area contributed by atoms with Crippen LogP contribution >= 0.6 is 43.5 Å². The standard InChI is InChI=1S/C27H21Br2ClN2O/c28-21-10-4-17(5-11-21)16-20-2-1-3-24-25(20)31-32(26(24)18-6-12-22(29)13-7-18)27(33)19-8-14-23(30)15-9-19/h4-16,24,26H,1-3H2/b20-16-/t24-,26+/m0/s1. The molecule has 0 N–H and O–H groups in total. The van der Waals surface area contributed by atoms with E-state index >= 15 is 0 Å². The summed E-state index contributed by atoms with van der Waals surface area (Å²) in [5.41, 5.74) is 5.05. The maximum Gasteiger partial charge on any atom is 0.274 e. The van der Waals surface area contributed by atoms with Crippen LogP contribution in [0.25, 0.3) is 6.08 Å². The molecule has 0 bridgehead atoms. The number of halogens is 3. The highest BCUT2D eigenvalue weighted by atomic mass is 79.9. The Labute approximate surface area is 215 Å². The molecule has 1 aliphatic carbocycles. The average Bonchev–Trinajstić information content (AvgIpc) is 3.22. The van der Waals surface area contributed by atoms with Gasteiger partial charge in [0.1, 0.15) is 0 Å². The van der Waals surface area contributed by atoms with E-state index in [0.717, 1.165) is 45.0 Å². The van der Waals surface area contributed by atoms with Crippen molar-refractivity contribution in [1.82, 2.24) is 5.01 Å². The first-order valence-corrected chi connectivity index (χ1v) is 12.9. The van der Waals surface area contributed by atoms with Crippen LogP contribution in [0.1, 0.15) is 46.8 Å². The zero-order valence-corrected chi connectivity index (χ0v) is 21.6. The molecule has 1 saturated carbocycles. The zero-order valence-electron chi connectivity index (χ0n) is 17.7. The molecule has 1 heterocycles. The van der Waals surface area contributed by atoms with Crippen molar-refractivity contribution in [3.8, 4) is 0 Å². The van der Waals surface area contributed by atoms with Gasteiger partial charge in [0, 0.05) is 25.4 Å². The third kappa shape index (κ3) is 4.72. The Bertz CT molecular complexity index is 1230. The van der Waals surface area contributed by atoms with Crippen LogP contribution in [0.2, 0.25) is 5.02 Å². The zero-order chi connectivity index (χ0) is 22.9. The molecule has 3 nitrogen and oxygen atoms in total. The van der Waals surface area contributed by atoms with Crippen LogP contribution in [0.3, 0.4) is 0 Å². The van der Waals surface area contributed by atoms with E-state index in [9.17, 15) is 4.79 Å². The molecule has 3 aromatic carbocycles. The Balaban J connectivity index is 1.57. The third-order valence-corrected chi connectivity index (χ3v) is 7.53. The van der Waals surface area contributed by atoms with E-state index in [4.69, 9.17) is 16.7 Å². The Morgan fingerprint density at radius 3 is 2.24 bits per heavy atom. The van der Waals surface area contributed by atoms with Crippen molar-refractivity contribution in [3.63, 3.8) is 0 Å². The SMILES string of the molecule is O=C(c1ccc(Cl)cc1)N1N=C2/C(=C\c3ccc(Br)cc3)CCC[C@@H]2[C@H]1c1ccc(Br)cc1. The van der Waals surface area contributed by atoms with Crippen LogP contribution in [0, 0.1) is 5.92 Å². The van der Waals surface area contributed by atoms with Crippen molar-refractivity contribution >= 4 is 61.2 Å². The fourth-order valence-corrected chi connectivity index (χ4v) is 5.30. The number of hydrazone groups is 1. The summed E-state index contributed by atoms with van der Waals surface area (Å²) in [5.74, 6) is 0.0577. The minimum absolute atomic E-state index is 0.107. The first-order valence-electron chi connectivity index (χ1n) is 10.9. The van der Waals surface area contributed by atoms with Gasteiger partial charge in [-0.3, -0.25) is 4.79 Å². The number of amides is 1. The van der Waals surface area contributed by atoms with Gasteiger partial charge in [0.2, 0.25) is 0 Å². The molecule has 3 aromatic rings. The monoisotopic (exact) mass is 582 g/mol. The highest BCUT2D eigenvalue weighted by Gasteiger charge is 2.43. The number of nitrogens with zero attached hydrogens (tertiary/aromatic N) is 2. The van der Waals surface area contributed by atoms with Crippen molar-refractivity contribution in [3.05, 3.63) is 109 Å². The summed E-state index contributed by atoms with van der Waals surface area (Å²) in [6, 6.07) is 23.4. The van der Waals surface area contributed by atoms with E-state index in [1.54, 1.807) is 29.3 Å². The quantitative estimate of drug-likeness (QED) is 0.305. The minimum atomic E-state index is -0.134. The van der Waals surface area contributed by atoms with E-state index in [1.165, 1.54) is 5.57 Å². The van der Waals surface area contributed by atoms with Crippen LogP contribution in [0.5, 0.6) is 0 Å².